The van der Waals surface area contributed by atoms with Crippen LogP contribution >= 0.6 is 0 Å². The monoisotopic (exact) mass is 288 g/mol. The standard InChI is InChI=1S/C14H24O4S/c1-19(16,17)12-4-2-8-14(12,15)11-5-9-18-13(10-11)6-3-7-13/h11-12,15H,2-10H2,1H3. The Morgan fingerprint density at radius 2 is 1.89 bits per heavy atom. The van der Waals surface area contributed by atoms with Crippen molar-refractivity contribution >= 4 is 9.84 Å². The molecular formula is C14H24O4S. The summed E-state index contributed by atoms with van der Waals surface area (Å²) < 4.78 is 29.8. The summed E-state index contributed by atoms with van der Waals surface area (Å²) in [4.78, 5) is 0. The second-order valence-electron chi connectivity index (χ2n) is 6.78. The van der Waals surface area contributed by atoms with E-state index >= 15 is 0 Å². The summed E-state index contributed by atoms with van der Waals surface area (Å²) in [6.07, 6.45) is 8.31. The maximum Gasteiger partial charge on any atom is 0.153 e. The molecule has 2 aliphatic carbocycles. The van der Waals surface area contributed by atoms with E-state index in [4.69, 9.17) is 4.74 Å². The molecule has 19 heavy (non-hydrogen) atoms. The normalized spacial score (nSPS) is 42.2. The smallest absolute Gasteiger partial charge is 0.153 e. The molecule has 1 N–H and O–H groups in total. The van der Waals surface area contributed by atoms with Crippen LogP contribution in [0.5, 0.6) is 0 Å². The van der Waals surface area contributed by atoms with E-state index in [1.807, 2.05) is 0 Å². The van der Waals surface area contributed by atoms with Crippen molar-refractivity contribution in [2.24, 2.45) is 5.92 Å². The van der Waals surface area contributed by atoms with Gasteiger partial charge in [-0.2, -0.15) is 0 Å². The van der Waals surface area contributed by atoms with Crippen LogP contribution in [0.1, 0.15) is 51.4 Å². The van der Waals surface area contributed by atoms with Crippen molar-refractivity contribution in [1.29, 1.82) is 0 Å². The molecule has 3 unspecified atom stereocenters. The number of sulfone groups is 1. The van der Waals surface area contributed by atoms with Crippen LogP contribution in [0.3, 0.4) is 0 Å². The van der Waals surface area contributed by atoms with Crippen molar-refractivity contribution in [3.63, 3.8) is 0 Å². The molecule has 5 heteroatoms. The van der Waals surface area contributed by atoms with Crippen molar-refractivity contribution < 1.29 is 18.3 Å². The first-order chi connectivity index (χ1) is 8.86. The SMILES string of the molecule is CS(=O)(=O)C1CCCC1(O)C1CCOC2(CCC2)C1. The third-order valence-electron chi connectivity index (χ3n) is 5.58. The molecule has 110 valence electrons. The second-order valence-corrected chi connectivity index (χ2v) is 9.00. The highest BCUT2D eigenvalue weighted by Gasteiger charge is 2.55. The molecule has 0 aromatic heterocycles. The molecule has 0 aromatic rings. The average Bonchev–Trinajstić information content (AvgIpc) is 2.71. The van der Waals surface area contributed by atoms with Gasteiger partial charge in [0.05, 0.1) is 16.5 Å². The third-order valence-corrected chi connectivity index (χ3v) is 7.26. The van der Waals surface area contributed by atoms with Crippen LogP contribution in [0.15, 0.2) is 0 Å². The zero-order valence-corrected chi connectivity index (χ0v) is 12.4. The molecule has 3 fully saturated rings. The molecular weight excluding hydrogens is 264 g/mol. The summed E-state index contributed by atoms with van der Waals surface area (Å²) in [5, 5.41) is 10.5. The molecule has 1 aliphatic heterocycles. The van der Waals surface area contributed by atoms with Gasteiger partial charge in [0.2, 0.25) is 0 Å². The molecule has 1 heterocycles. The number of aliphatic hydroxyl groups is 1. The van der Waals surface area contributed by atoms with Gasteiger partial charge in [0.1, 0.15) is 0 Å². The number of hydrogen-bond acceptors (Lipinski definition) is 4. The fourth-order valence-corrected chi connectivity index (χ4v) is 6.05. The van der Waals surface area contributed by atoms with E-state index in [9.17, 15) is 13.5 Å². The molecule has 3 rings (SSSR count). The van der Waals surface area contributed by atoms with Crippen LogP contribution in [-0.2, 0) is 14.6 Å². The van der Waals surface area contributed by atoms with E-state index in [0.717, 1.165) is 32.1 Å². The maximum absolute atomic E-state index is 11.9. The summed E-state index contributed by atoms with van der Waals surface area (Å²) >= 11 is 0. The van der Waals surface area contributed by atoms with Gasteiger partial charge in [0.15, 0.2) is 9.84 Å². The fraction of sp³-hybridized carbons (Fsp3) is 1.00. The summed E-state index contributed by atoms with van der Waals surface area (Å²) in [7, 11) is -3.18. The van der Waals surface area contributed by atoms with Gasteiger partial charge in [-0.05, 0) is 57.3 Å². The zero-order chi connectivity index (χ0) is 13.7. The molecule has 1 saturated heterocycles. The Hall–Kier alpha value is -0.130. The molecule has 0 amide bonds. The van der Waals surface area contributed by atoms with Gasteiger partial charge < -0.3 is 9.84 Å². The van der Waals surface area contributed by atoms with E-state index in [-0.39, 0.29) is 11.5 Å². The number of hydrogen-bond donors (Lipinski definition) is 1. The molecule has 0 aromatic carbocycles. The van der Waals surface area contributed by atoms with Gasteiger partial charge in [-0.3, -0.25) is 0 Å². The Morgan fingerprint density at radius 3 is 2.47 bits per heavy atom. The highest BCUT2D eigenvalue weighted by atomic mass is 32.2. The molecule has 2 saturated carbocycles. The van der Waals surface area contributed by atoms with Gasteiger partial charge in [-0.25, -0.2) is 8.42 Å². The lowest BCUT2D eigenvalue weighted by molar-refractivity contribution is -0.173. The minimum atomic E-state index is -3.18. The van der Waals surface area contributed by atoms with Crippen molar-refractivity contribution in [3.8, 4) is 0 Å². The second kappa shape index (κ2) is 4.43. The predicted octanol–water partition coefficient (Wildman–Crippen LogP) is 1.66. The summed E-state index contributed by atoms with van der Waals surface area (Å²) in [6, 6.07) is 0. The molecule has 3 aliphatic rings. The van der Waals surface area contributed by atoms with Crippen LogP contribution in [0, 0.1) is 5.92 Å². The Balaban J connectivity index is 1.83. The summed E-state index contributed by atoms with van der Waals surface area (Å²) in [5.74, 6) is 0.0868. The van der Waals surface area contributed by atoms with Crippen molar-refractivity contribution in [2.45, 2.75) is 67.8 Å². The first-order valence-electron chi connectivity index (χ1n) is 7.41. The number of rotatable bonds is 2. The molecule has 4 nitrogen and oxygen atoms in total. The lowest BCUT2D eigenvalue weighted by atomic mass is 9.67. The lowest BCUT2D eigenvalue weighted by Crippen LogP contribution is -2.55. The topological polar surface area (TPSA) is 63.6 Å². The molecule has 1 spiro atoms. The van der Waals surface area contributed by atoms with E-state index in [1.54, 1.807) is 0 Å². The maximum atomic E-state index is 11.9. The van der Waals surface area contributed by atoms with Crippen molar-refractivity contribution in [2.75, 3.05) is 12.9 Å². The minimum absolute atomic E-state index is 0.0384. The van der Waals surface area contributed by atoms with Crippen LogP contribution in [-0.4, -0.2) is 42.8 Å². The van der Waals surface area contributed by atoms with Gasteiger partial charge in [0.25, 0.3) is 0 Å². The van der Waals surface area contributed by atoms with E-state index in [1.165, 1.54) is 12.7 Å². The van der Waals surface area contributed by atoms with Crippen molar-refractivity contribution in [3.05, 3.63) is 0 Å². The summed E-state index contributed by atoms with van der Waals surface area (Å²) in [6.45, 7) is 0.670. The summed E-state index contributed by atoms with van der Waals surface area (Å²) in [5.41, 5.74) is -1.05. The third kappa shape index (κ3) is 2.24. The zero-order valence-electron chi connectivity index (χ0n) is 11.6. The highest BCUT2D eigenvalue weighted by molar-refractivity contribution is 7.91. The highest BCUT2D eigenvalue weighted by Crippen LogP contribution is 2.51. The van der Waals surface area contributed by atoms with Crippen LogP contribution in [0.2, 0.25) is 0 Å². The average molecular weight is 288 g/mol. The first-order valence-corrected chi connectivity index (χ1v) is 9.36. The van der Waals surface area contributed by atoms with Crippen molar-refractivity contribution in [1.82, 2.24) is 0 Å². The fourth-order valence-electron chi connectivity index (χ4n) is 4.41. The van der Waals surface area contributed by atoms with E-state index in [2.05, 4.69) is 0 Å². The largest absolute Gasteiger partial charge is 0.388 e. The lowest BCUT2D eigenvalue weighted by Gasteiger charge is -2.51. The van der Waals surface area contributed by atoms with E-state index in [0.29, 0.717) is 19.4 Å². The predicted molar refractivity (Wildman–Crippen MR) is 72.7 cm³/mol. The van der Waals surface area contributed by atoms with Gasteiger partial charge >= 0.3 is 0 Å². The molecule has 0 bridgehead atoms. The van der Waals surface area contributed by atoms with Gasteiger partial charge in [0, 0.05) is 12.9 Å². The van der Waals surface area contributed by atoms with E-state index < -0.39 is 20.7 Å². The Morgan fingerprint density at radius 1 is 1.16 bits per heavy atom. The van der Waals surface area contributed by atoms with Gasteiger partial charge in [-0.15, -0.1) is 0 Å². The Kier molecular flexibility index (Phi) is 3.23. The molecule has 3 atom stereocenters. The minimum Gasteiger partial charge on any atom is -0.388 e. The molecule has 0 radical (unpaired) electrons. The Labute approximate surface area is 115 Å². The first kappa shape index (κ1) is 13.8. The Bertz CT molecular complexity index is 454. The van der Waals surface area contributed by atoms with Gasteiger partial charge in [-0.1, -0.05) is 0 Å². The van der Waals surface area contributed by atoms with Crippen LogP contribution in [0.4, 0.5) is 0 Å². The quantitative estimate of drug-likeness (QED) is 0.839. The van der Waals surface area contributed by atoms with Crippen LogP contribution in [0.25, 0.3) is 0 Å². The van der Waals surface area contributed by atoms with Crippen LogP contribution < -0.4 is 0 Å². The number of ether oxygens (including phenoxy) is 1.